The highest BCUT2D eigenvalue weighted by atomic mass is 15.2. The molecule has 2 saturated heterocycles. The molecule has 2 fully saturated rings. The van der Waals surface area contributed by atoms with Gasteiger partial charge in [-0.15, -0.1) is 0 Å². The summed E-state index contributed by atoms with van der Waals surface area (Å²) < 4.78 is 0. The lowest BCUT2D eigenvalue weighted by Gasteiger charge is -2.38. The number of rotatable bonds is 3. The molecule has 2 aliphatic rings. The van der Waals surface area contributed by atoms with Gasteiger partial charge in [-0.1, -0.05) is 6.92 Å². The first-order valence-corrected chi connectivity index (χ1v) is 6.69. The van der Waals surface area contributed by atoms with E-state index in [0.717, 1.165) is 6.04 Å². The Morgan fingerprint density at radius 3 is 2.50 bits per heavy atom. The van der Waals surface area contributed by atoms with Crippen LogP contribution in [-0.4, -0.2) is 62.7 Å². The van der Waals surface area contributed by atoms with Crippen LogP contribution < -0.4 is 5.32 Å². The van der Waals surface area contributed by atoms with Crippen LogP contribution in [0.4, 0.5) is 0 Å². The zero-order valence-electron chi connectivity index (χ0n) is 11.1. The lowest BCUT2D eigenvalue weighted by Crippen LogP contribution is -2.46. The molecule has 3 heteroatoms. The van der Waals surface area contributed by atoms with Crippen LogP contribution >= 0.6 is 0 Å². The topological polar surface area (TPSA) is 18.5 Å². The third-order valence-corrected chi connectivity index (χ3v) is 4.35. The molecular formula is C13H27N3. The molecule has 2 heterocycles. The molecule has 1 atom stereocenters. The summed E-state index contributed by atoms with van der Waals surface area (Å²) in [4.78, 5) is 5.06. The van der Waals surface area contributed by atoms with Gasteiger partial charge in [-0.3, -0.25) is 0 Å². The van der Waals surface area contributed by atoms with E-state index < -0.39 is 0 Å². The van der Waals surface area contributed by atoms with Gasteiger partial charge < -0.3 is 15.1 Å². The van der Waals surface area contributed by atoms with Crippen LogP contribution in [0.25, 0.3) is 0 Å². The van der Waals surface area contributed by atoms with Crippen LogP contribution in [0.1, 0.15) is 26.2 Å². The van der Waals surface area contributed by atoms with E-state index in [1.54, 1.807) is 0 Å². The van der Waals surface area contributed by atoms with E-state index in [1.165, 1.54) is 52.0 Å². The molecule has 0 aromatic heterocycles. The van der Waals surface area contributed by atoms with Gasteiger partial charge in [-0.05, 0) is 58.4 Å². The van der Waals surface area contributed by atoms with E-state index in [1.807, 2.05) is 0 Å². The summed E-state index contributed by atoms with van der Waals surface area (Å²) in [5.74, 6) is 0. The van der Waals surface area contributed by atoms with Crippen LogP contribution in [0, 0.1) is 5.41 Å². The van der Waals surface area contributed by atoms with E-state index in [4.69, 9.17) is 0 Å². The van der Waals surface area contributed by atoms with Gasteiger partial charge in [-0.2, -0.15) is 0 Å². The van der Waals surface area contributed by atoms with Crippen LogP contribution in [0.3, 0.4) is 0 Å². The molecule has 94 valence electrons. The Balaban J connectivity index is 1.76. The summed E-state index contributed by atoms with van der Waals surface area (Å²) in [6, 6.07) is 0.811. The van der Waals surface area contributed by atoms with Crippen molar-refractivity contribution in [2.75, 3.05) is 46.8 Å². The molecule has 0 spiro atoms. The van der Waals surface area contributed by atoms with Gasteiger partial charge in [0.05, 0.1) is 0 Å². The Labute approximate surface area is 100 Å². The van der Waals surface area contributed by atoms with Crippen molar-refractivity contribution in [3.05, 3.63) is 0 Å². The molecule has 0 aliphatic carbocycles. The Morgan fingerprint density at radius 1 is 1.31 bits per heavy atom. The van der Waals surface area contributed by atoms with Crippen molar-refractivity contribution in [3.63, 3.8) is 0 Å². The molecule has 0 saturated carbocycles. The van der Waals surface area contributed by atoms with Gasteiger partial charge in [0.2, 0.25) is 0 Å². The first kappa shape index (κ1) is 12.3. The zero-order chi connectivity index (χ0) is 11.6. The number of hydrogen-bond acceptors (Lipinski definition) is 3. The SMILES string of the molecule is CN(C)C1CCN(CC2(C)CCNC2)CC1. The zero-order valence-corrected chi connectivity index (χ0v) is 11.1. The van der Waals surface area contributed by atoms with Crippen molar-refractivity contribution in [1.82, 2.24) is 15.1 Å². The Hall–Kier alpha value is -0.120. The summed E-state index contributed by atoms with van der Waals surface area (Å²) >= 11 is 0. The van der Waals surface area contributed by atoms with Crippen molar-refractivity contribution >= 4 is 0 Å². The number of piperidine rings is 1. The molecule has 1 N–H and O–H groups in total. The number of likely N-dealkylation sites (tertiary alicyclic amines) is 1. The monoisotopic (exact) mass is 225 g/mol. The molecule has 0 radical (unpaired) electrons. The second-order valence-electron chi connectivity index (χ2n) is 6.21. The van der Waals surface area contributed by atoms with Gasteiger partial charge in [0.1, 0.15) is 0 Å². The minimum absolute atomic E-state index is 0.533. The number of nitrogens with one attached hydrogen (secondary N) is 1. The minimum Gasteiger partial charge on any atom is -0.316 e. The molecule has 0 aromatic rings. The molecule has 0 aromatic carbocycles. The summed E-state index contributed by atoms with van der Waals surface area (Å²) in [6.45, 7) is 8.73. The van der Waals surface area contributed by atoms with Crippen molar-refractivity contribution < 1.29 is 0 Å². The van der Waals surface area contributed by atoms with Crippen molar-refractivity contribution in [2.45, 2.75) is 32.2 Å². The van der Waals surface area contributed by atoms with Gasteiger partial charge in [0.15, 0.2) is 0 Å². The first-order valence-electron chi connectivity index (χ1n) is 6.69. The quantitative estimate of drug-likeness (QED) is 0.773. The molecule has 1 unspecified atom stereocenters. The van der Waals surface area contributed by atoms with E-state index in [-0.39, 0.29) is 0 Å². The Kier molecular flexibility index (Phi) is 3.88. The molecular weight excluding hydrogens is 198 g/mol. The summed E-state index contributed by atoms with van der Waals surface area (Å²) in [7, 11) is 4.42. The normalized spacial score (nSPS) is 33.8. The highest BCUT2D eigenvalue weighted by molar-refractivity contribution is 4.88. The number of nitrogens with zero attached hydrogens (tertiary/aromatic N) is 2. The molecule has 2 aliphatic heterocycles. The largest absolute Gasteiger partial charge is 0.316 e. The Morgan fingerprint density at radius 2 is 2.00 bits per heavy atom. The smallest absolute Gasteiger partial charge is 0.0113 e. The van der Waals surface area contributed by atoms with Crippen LogP contribution in [-0.2, 0) is 0 Å². The minimum atomic E-state index is 0.533. The number of hydrogen-bond donors (Lipinski definition) is 1. The van der Waals surface area contributed by atoms with E-state index in [9.17, 15) is 0 Å². The van der Waals surface area contributed by atoms with Gasteiger partial charge >= 0.3 is 0 Å². The fourth-order valence-electron chi connectivity index (χ4n) is 3.14. The van der Waals surface area contributed by atoms with Gasteiger partial charge in [0.25, 0.3) is 0 Å². The third-order valence-electron chi connectivity index (χ3n) is 4.35. The van der Waals surface area contributed by atoms with Crippen molar-refractivity contribution in [3.8, 4) is 0 Å². The molecule has 0 amide bonds. The van der Waals surface area contributed by atoms with Crippen LogP contribution in [0.15, 0.2) is 0 Å². The van der Waals surface area contributed by atoms with Crippen molar-refractivity contribution in [1.29, 1.82) is 0 Å². The lowest BCUT2D eigenvalue weighted by atomic mass is 9.88. The fourth-order valence-corrected chi connectivity index (χ4v) is 3.14. The van der Waals surface area contributed by atoms with Crippen LogP contribution in [0.2, 0.25) is 0 Å². The summed E-state index contributed by atoms with van der Waals surface area (Å²) in [6.07, 6.45) is 4.04. The third kappa shape index (κ3) is 2.96. The van der Waals surface area contributed by atoms with E-state index >= 15 is 0 Å². The average Bonchev–Trinajstić information content (AvgIpc) is 2.65. The standard InChI is InChI=1S/C13H27N3/c1-13(6-7-14-10-13)11-16-8-4-12(5-9-16)15(2)3/h12,14H,4-11H2,1-3H3. The average molecular weight is 225 g/mol. The Bertz CT molecular complexity index is 213. The highest BCUT2D eigenvalue weighted by Crippen LogP contribution is 2.27. The predicted molar refractivity (Wildman–Crippen MR) is 68.7 cm³/mol. The highest BCUT2D eigenvalue weighted by Gasteiger charge is 2.32. The lowest BCUT2D eigenvalue weighted by molar-refractivity contribution is 0.108. The van der Waals surface area contributed by atoms with E-state index in [2.05, 4.69) is 36.1 Å². The maximum atomic E-state index is 3.49. The molecule has 2 rings (SSSR count). The van der Waals surface area contributed by atoms with Gasteiger partial charge in [0, 0.05) is 19.1 Å². The maximum absolute atomic E-state index is 3.49. The molecule has 3 nitrogen and oxygen atoms in total. The van der Waals surface area contributed by atoms with E-state index in [0.29, 0.717) is 5.41 Å². The first-order chi connectivity index (χ1) is 7.59. The maximum Gasteiger partial charge on any atom is 0.0113 e. The van der Waals surface area contributed by atoms with Crippen LogP contribution in [0.5, 0.6) is 0 Å². The predicted octanol–water partition coefficient (Wildman–Crippen LogP) is 1.01. The summed E-state index contributed by atoms with van der Waals surface area (Å²) in [5, 5.41) is 3.49. The second-order valence-corrected chi connectivity index (χ2v) is 6.21. The molecule has 0 bridgehead atoms. The fraction of sp³-hybridized carbons (Fsp3) is 1.00. The van der Waals surface area contributed by atoms with Crippen molar-refractivity contribution in [2.24, 2.45) is 5.41 Å². The second kappa shape index (κ2) is 5.03. The van der Waals surface area contributed by atoms with Gasteiger partial charge in [-0.25, -0.2) is 0 Å². The molecule has 16 heavy (non-hydrogen) atoms. The summed E-state index contributed by atoms with van der Waals surface area (Å²) in [5.41, 5.74) is 0.533.